The zero-order chi connectivity index (χ0) is 10.4. The third kappa shape index (κ3) is 3.48. The molecular formula is C11H16ClOP. The molecule has 0 aliphatic heterocycles. The molecule has 0 spiro atoms. The molecule has 0 saturated heterocycles. The van der Waals surface area contributed by atoms with Crippen molar-refractivity contribution < 1.29 is 4.74 Å². The number of halogens is 1. The second-order valence-electron chi connectivity index (χ2n) is 3.61. The van der Waals surface area contributed by atoms with Crippen LogP contribution in [0.2, 0.25) is 0 Å². The molecule has 0 bridgehead atoms. The molecule has 78 valence electrons. The van der Waals surface area contributed by atoms with E-state index in [1.807, 2.05) is 30.3 Å². The molecule has 1 rings (SSSR count). The van der Waals surface area contributed by atoms with E-state index in [0.29, 0.717) is 14.5 Å². The van der Waals surface area contributed by atoms with E-state index in [4.69, 9.17) is 16.0 Å². The van der Waals surface area contributed by atoms with E-state index < -0.39 is 0 Å². The first-order valence-electron chi connectivity index (χ1n) is 4.76. The Morgan fingerprint density at radius 3 is 2.50 bits per heavy atom. The average molecular weight is 231 g/mol. The van der Waals surface area contributed by atoms with Crippen molar-refractivity contribution in [2.24, 2.45) is 0 Å². The van der Waals surface area contributed by atoms with Crippen LogP contribution in [-0.2, 0) is 0 Å². The summed E-state index contributed by atoms with van der Waals surface area (Å²) in [5, 5.41) is 0.109. The van der Waals surface area contributed by atoms with Gasteiger partial charge >= 0.3 is 0 Å². The molecule has 2 unspecified atom stereocenters. The van der Waals surface area contributed by atoms with Gasteiger partial charge < -0.3 is 4.74 Å². The smallest absolute Gasteiger partial charge is 0.119 e. The van der Waals surface area contributed by atoms with Crippen LogP contribution in [0.4, 0.5) is 0 Å². The lowest BCUT2D eigenvalue weighted by molar-refractivity contribution is 0.275. The molecule has 0 amide bonds. The van der Waals surface area contributed by atoms with E-state index in [0.717, 1.165) is 12.2 Å². The third-order valence-corrected chi connectivity index (χ3v) is 4.63. The zero-order valence-corrected chi connectivity index (χ0v) is 10.3. The van der Waals surface area contributed by atoms with Crippen LogP contribution in [0.1, 0.15) is 20.3 Å². The van der Waals surface area contributed by atoms with E-state index in [-0.39, 0.29) is 5.16 Å². The summed E-state index contributed by atoms with van der Waals surface area (Å²) in [4.78, 5) is 0. The molecule has 0 fully saturated rings. The Labute approximate surface area is 92.4 Å². The van der Waals surface area contributed by atoms with Gasteiger partial charge in [0.15, 0.2) is 0 Å². The highest BCUT2D eigenvalue weighted by Crippen LogP contribution is 2.38. The number of ether oxygens (including phenoxy) is 1. The van der Waals surface area contributed by atoms with Crippen LogP contribution in [0.25, 0.3) is 0 Å². The second kappa shape index (κ2) is 5.58. The van der Waals surface area contributed by atoms with Crippen molar-refractivity contribution in [2.75, 3.05) is 6.61 Å². The lowest BCUT2D eigenvalue weighted by Gasteiger charge is -2.24. The number of rotatable bonds is 5. The highest BCUT2D eigenvalue weighted by atomic mass is 35.7. The van der Waals surface area contributed by atoms with E-state index in [1.165, 1.54) is 0 Å². The fraction of sp³-hybridized carbons (Fsp3) is 0.455. The Morgan fingerprint density at radius 2 is 2.00 bits per heavy atom. The molecule has 14 heavy (non-hydrogen) atoms. The van der Waals surface area contributed by atoms with Crippen LogP contribution in [0.15, 0.2) is 30.3 Å². The summed E-state index contributed by atoms with van der Waals surface area (Å²) < 4.78 is 5.68. The Morgan fingerprint density at radius 1 is 1.36 bits per heavy atom. The first-order valence-corrected chi connectivity index (χ1v) is 6.77. The number of benzene rings is 1. The maximum Gasteiger partial charge on any atom is 0.119 e. The average Bonchev–Trinajstić information content (AvgIpc) is 2.27. The summed E-state index contributed by atoms with van der Waals surface area (Å²) >= 11 is 5.92. The molecular weight excluding hydrogens is 215 g/mol. The number of hydrogen-bond acceptors (Lipinski definition) is 1. The van der Waals surface area contributed by atoms with Crippen molar-refractivity contribution in [3.05, 3.63) is 30.3 Å². The van der Waals surface area contributed by atoms with Gasteiger partial charge in [-0.3, -0.25) is 0 Å². The van der Waals surface area contributed by atoms with Gasteiger partial charge in [-0.25, -0.2) is 0 Å². The minimum absolute atomic E-state index is 0.109. The van der Waals surface area contributed by atoms with Gasteiger partial charge in [-0.05, 0) is 26.5 Å². The Bertz CT molecular complexity index is 259. The van der Waals surface area contributed by atoms with Gasteiger partial charge in [0.25, 0.3) is 0 Å². The summed E-state index contributed by atoms with van der Waals surface area (Å²) in [6, 6.07) is 9.86. The van der Waals surface area contributed by atoms with E-state index >= 15 is 0 Å². The van der Waals surface area contributed by atoms with Gasteiger partial charge in [0.05, 0.1) is 6.61 Å². The lowest BCUT2D eigenvalue weighted by atomic mass is 10.1. The van der Waals surface area contributed by atoms with Gasteiger partial charge in [0.1, 0.15) is 5.75 Å². The quantitative estimate of drug-likeness (QED) is 0.693. The van der Waals surface area contributed by atoms with Gasteiger partial charge in [0, 0.05) is 5.16 Å². The predicted molar refractivity (Wildman–Crippen MR) is 64.8 cm³/mol. The zero-order valence-electron chi connectivity index (χ0n) is 8.59. The van der Waals surface area contributed by atoms with Crippen LogP contribution in [-0.4, -0.2) is 11.8 Å². The molecule has 1 aromatic rings. The van der Waals surface area contributed by atoms with Gasteiger partial charge in [-0.1, -0.05) is 43.3 Å². The van der Waals surface area contributed by atoms with Gasteiger partial charge in [-0.2, -0.15) is 0 Å². The molecule has 0 saturated carbocycles. The SMILES string of the molecule is CCC(C)(COc1ccccc1)PCl. The van der Waals surface area contributed by atoms with Crippen molar-refractivity contribution in [3.63, 3.8) is 0 Å². The Kier molecular flexibility index (Phi) is 4.71. The van der Waals surface area contributed by atoms with Crippen molar-refractivity contribution in [3.8, 4) is 5.75 Å². The third-order valence-electron chi connectivity index (χ3n) is 2.31. The number of hydrogen-bond donors (Lipinski definition) is 0. The molecule has 3 heteroatoms. The van der Waals surface area contributed by atoms with Crippen LogP contribution in [0.5, 0.6) is 5.75 Å². The predicted octanol–water partition coefficient (Wildman–Crippen LogP) is 4.07. The summed E-state index contributed by atoms with van der Waals surface area (Å²) in [6.07, 6.45) is 1.04. The van der Waals surface area contributed by atoms with Crippen molar-refractivity contribution in [2.45, 2.75) is 25.4 Å². The van der Waals surface area contributed by atoms with Gasteiger partial charge in [-0.15, -0.1) is 0 Å². The highest BCUT2D eigenvalue weighted by Gasteiger charge is 2.21. The molecule has 1 nitrogen and oxygen atoms in total. The molecule has 0 N–H and O–H groups in total. The first-order chi connectivity index (χ1) is 6.70. The molecule has 1 aromatic carbocycles. The molecule has 0 radical (unpaired) electrons. The fourth-order valence-electron chi connectivity index (χ4n) is 0.955. The van der Waals surface area contributed by atoms with Crippen molar-refractivity contribution >= 4 is 19.2 Å². The summed E-state index contributed by atoms with van der Waals surface area (Å²) in [7, 11) is 0.401. The Hall–Kier alpha value is -0.260. The maximum atomic E-state index is 5.92. The molecule has 0 aliphatic rings. The molecule has 0 aromatic heterocycles. The summed E-state index contributed by atoms with van der Waals surface area (Å²) in [6.45, 7) is 4.99. The monoisotopic (exact) mass is 230 g/mol. The topological polar surface area (TPSA) is 9.23 Å². The largest absolute Gasteiger partial charge is 0.493 e. The molecule has 2 atom stereocenters. The second-order valence-corrected chi connectivity index (χ2v) is 5.57. The van der Waals surface area contributed by atoms with E-state index in [2.05, 4.69) is 13.8 Å². The minimum atomic E-state index is 0.109. The maximum absolute atomic E-state index is 5.92. The van der Waals surface area contributed by atoms with E-state index in [9.17, 15) is 0 Å². The van der Waals surface area contributed by atoms with Gasteiger partial charge in [0.2, 0.25) is 0 Å². The minimum Gasteiger partial charge on any atom is -0.493 e. The summed E-state index contributed by atoms with van der Waals surface area (Å²) in [5.74, 6) is 0.919. The normalized spacial score (nSPS) is 15.6. The van der Waals surface area contributed by atoms with Crippen LogP contribution >= 0.6 is 19.2 Å². The molecule has 0 aliphatic carbocycles. The highest BCUT2D eigenvalue weighted by molar-refractivity contribution is 7.69. The van der Waals surface area contributed by atoms with Crippen molar-refractivity contribution in [1.82, 2.24) is 0 Å². The fourth-order valence-corrected chi connectivity index (χ4v) is 1.78. The lowest BCUT2D eigenvalue weighted by Crippen LogP contribution is -2.25. The van der Waals surface area contributed by atoms with Crippen LogP contribution < -0.4 is 4.74 Å². The standard InChI is InChI=1S/C11H16ClOP/c1-3-11(2,14-12)9-13-10-7-5-4-6-8-10/h4-8,14H,3,9H2,1-2H3. The first kappa shape index (κ1) is 11.8. The number of para-hydroxylation sites is 1. The van der Waals surface area contributed by atoms with Crippen molar-refractivity contribution in [1.29, 1.82) is 0 Å². The Balaban J connectivity index is 2.48. The van der Waals surface area contributed by atoms with E-state index in [1.54, 1.807) is 0 Å². The molecule has 0 heterocycles. The van der Waals surface area contributed by atoms with Crippen LogP contribution in [0.3, 0.4) is 0 Å². The van der Waals surface area contributed by atoms with Crippen LogP contribution in [0, 0.1) is 0 Å². The summed E-state index contributed by atoms with van der Waals surface area (Å²) in [5.41, 5.74) is 0.